The number of allylic oxidation sites excluding steroid dienone is 2. The SMILES string of the molecule is CN(C)S(=O)(=O)c1cccc(Nc2c(NC3C4=C(CC=C4)CCC3(C)C)c(=O)c2=O)c1O. The van der Waals surface area contributed by atoms with Crippen LogP contribution in [0.4, 0.5) is 17.1 Å². The van der Waals surface area contributed by atoms with E-state index >= 15 is 0 Å². The lowest BCUT2D eigenvalue weighted by Gasteiger charge is -2.41. The maximum absolute atomic E-state index is 12.5. The van der Waals surface area contributed by atoms with Crippen molar-refractivity contribution in [2.24, 2.45) is 5.41 Å². The molecule has 1 unspecified atom stereocenters. The molecule has 0 aromatic heterocycles. The molecule has 2 aromatic carbocycles. The van der Waals surface area contributed by atoms with Gasteiger partial charge in [-0.05, 0) is 42.4 Å². The number of hydrogen-bond acceptors (Lipinski definition) is 7. The van der Waals surface area contributed by atoms with Crippen LogP contribution in [0.5, 0.6) is 5.75 Å². The summed E-state index contributed by atoms with van der Waals surface area (Å²) in [6.45, 7) is 4.25. The molecular weight excluding hydrogens is 430 g/mol. The number of anilines is 3. The third-order valence-electron chi connectivity index (χ3n) is 6.45. The van der Waals surface area contributed by atoms with Crippen LogP contribution in [-0.2, 0) is 10.0 Å². The molecular formula is C23H27N3O5S. The maximum Gasteiger partial charge on any atom is 0.253 e. The van der Waals surface area contributed by atoms with Crippen molar-refractivity contribution >= 4 is 27.1 Å². The van der Waals surface area contributed by atoms with Gasteiger partial charge in [0.2, 0.25) is 10.0 Å². The van der Waals surface area contributed by atoms with E-state index in [0.717, 1.165) is 29.1 Å². The van der Waals surface area contributed by atoms with E-state index in [2.05, 4.69) is 36.6 Å². The third kappa shape index (κ3) is 3.45. The lowest BCUT2D eigenvalue weighted by atomic mass is 9.70. The quantitative estimate of drug-likeness (QED) is 0.451. The number of benzene rings is 1. The second-order valence-corrected chi connectivity index (χ2v) is 11.3. The fourth-order valence-corrected chi connectivity index (χ4v) is 5.38. The average Bonchev–Trinajstić information content (AvgIpc) is 3.20. The van der Waals surface area contributed by atoms with Gasteiger partial charge >= 0.3 is 0 Å². The number of para-hydroxylation sites is 1. The van der Waals surface area contributed by atoms with E-state index in [9.17, 15) is 23.1 Å². The monoisotopic (exact) mass is 457 g/mol. The summed E-state index contributed by atoms with van der Waals surface area (Å²) in [6, 6.07) is 4.06. The number of sulfonamides is 1. The van der Waals surface area contributed by atoms with Gasteiger partial charge in [-0.1, -0.05) is 37.6 Å². The van der Waals surface area contributed by atoms with Crippen LogP contribution in [0.1, 0.15) is 33.1 Å². The summed E-state index contributed by atoms with van der Waals surface area (Å²) < 4.78 is 25.9. The Balaban J connectivity index is 1.69. The van der Waals surface area contributed by atoms with Crippen molar-refractivity contribution in [1.29, 1.82) is 0 Å². The van der Waals surface area contributed by atoms with Gasteiger partial charge in [-0.2, -0.15) is 0 Å². The van der Waals surface area contributed by atoms with Gasteiger partial charge in [-0.3, -0.25) is 9.59 Å². The number of hydrogen-bond donors (Lipinski definition) is 3. The Hall–Kier alpha value is -2.91. The number of aromatic hydroxyl groups is 1. The van der Waals surface area contributed by atoms with Crippen LogP contribution in [0.15, 0.2) is 56.0 Å². The fourth-order valence-electron chi connectivity index (χ4n) is 4.38. The lowest BCUT2D eigenvalue weighted by Crippen LogP contribution is -2.45. The molecule has 2 aliphatic rings. The summed E-state index contributed by atoms with van der Waals surface area (Å²) in [5, 5.41) is 16.6. The van der Waals surface area contributed by atoms with Crippen molar-refractivity contribution in [2.45, 2.75) is 44.0 Å². The first-order valence-corrected chi connectivity index (χ1v) is 11.9. The Morgan fingerprint density at radius 3 is 2.50 bits per heavy atom. The van der Waals surface area contributed by atoms with E-state index in [0.29, 0.717) is 0 Å². The highest BCUT2D eigenvalue weighted by molar-refractivity contribution is 7.89. The van der Waals surface area contributed by atoms with E-state index in [-0.39, 0.29) is 33.4 Å². The highest BCUT2D eigenvalue weighted by Crippen LogP contribution is 2.45. The minimum Gasteiger partial charge on any atom is -0.504 e. The van der Waals surface area contributed by atoms with Crippen LogP contribution < -0.4 is 21.5 Å². The molecule has 8 nitrogen and oxygen atoms in total. The highest BCUT2D eigenvalue weighted by atomic mass is 32.2. The number of nitrogens with one attached hydrogen (secondary N) is 2. The topological polar surface area (TPSA) is 116 Å². The Kier molecular flexibility index (Phi) is 5.29. The summed E-state index contributed by atoms with van der Waals surface area (Å²) in [7, 11) is -1.17. The molecule has 32 heavy (non-hydrogen) atoms. The molecule has 0 spiro atoms. The van der Waals surface area contributed by atoms with Crippen molar-refractivity contribution in [3.8, 4) is 5.75 Å². The second-order valence-electron chi connectivity index (χ2n) is 9.20. The molecule has 3 N–H and O–H groups in total. The Morgan fingerprint density at radius 2 is 1.81 bits per heavy atom. The van der Waals surface area contributed by atoms with Gasteiger partial charge in [0, 0.05) is 14.1 Å². The van der Waals surface area contributed by atoms with Gasteiger partial charge in [-0.25, -0.2) is 12.7 Å². The first-order chi connectivity index (χ1) is 14.9. The third-order valence-corrected chi connectivity index (χ3v) is 8.30. The van der Waals surface area contributed by atoms with Crippen LogP contribution in [0.3, 0.4) is 0 Å². The molecule has 170 valence electrons. The van der Waals surface area contributed by atoms with E-state index < -0.39 is 26.6 Å². The van der Waals surface area contributed by atoms with Crippen molar-refractivity contribution in [2.75, 3.05) is 24.7 Å². The average molecular weight is 458 g/mol. The molecule has 0 fully saturated rings. The molecule has 4 rings (SSSR count). The van der Waals surface area contributed by atoms with E-state index in [1.807, 2.05) is 0 Å². The van der Waals surface area contributed by atoms with Gasteiger partial charge < -0.3 is 15.7 Å². The van der Waals surface area contributed by atoms with Crippen LogP contribution in [0.25, 0.3) is 0 Å². The molecule has 1 atom stereocenters. The molecule has 0 saturated heterocycles. The van der Waals surface area contributed by atoms with Crippen molar-refractivity contribution in [1.82, 2.24) is 4.31 Å². The summed E-state index contributed by atoms with van der Waals surface area (Å²) in [4.78, 5) is 24.5. The highest BCUT2D eigenvalue weighted by Gasteiger charge is 2.39. The zero-order valence-corrected chi connectivity index (χ0v) is 19.3. The van der Waals surface area contributed by atoms with Crippen LogP contribution >= 0.6 is 0 Å². The van der Waals surface area contributed by atoms with Gasteiger partial charge in [0.05, 0.1) is 11.7 Å². The van der Waals surface area contributed by atoms with Crippen LogP contribution in [0, 0.1) is 5.41 Å². The molecule has 0 saturated carbocycles. The maximum atomic E-state index is 12.5. The largest absolute Gasteiger partial charge is 0.504 e. The standard InChI is InChI=1S/C23H27N3O5S/c1-23(2)12-11-13-7-5-8-14(13)22(23)25-18-17(20(28)21(18)29)24-15-9-6-10-16(19(15)27)32(30,31)26(3)4/h5-6,8-10,22,24-25,27H,7,11-12H2,1-4H3. The second kappa shape index (κ2) is 7.60. The van der Waals surface area contributed by atoms with E-state index in [4.69, 9.17) is 0 Å². The zero-order valence-electron chi connectivity index (χ0n) is 18.5. The minimum atomic E-state index is -3.89. The zero-order chi connectivity index (χ0) is 23.4. The van der Waals surface area contributed by atoms with Gasteiger partial charge in [-0.15, -0.1) is 0 Å². The van der Waals surface area contributed by atoms with Crippen molar-refractivity contribution < 1.29 is 13.5 Å². The molecule has 0 aliphatic heterocycles. The number of phenolic OH excluding ortho intramolecular Hbond substituents is 1. The first kappa shape index (κ1) is 22.3. The van der Waals surface area contributed by atoms with Crippen LogP contribution in [0.2, 0.25) is 0 Å². The summed E-state index contributed by atoms with van der Waals surface area (Å²) in [6.07, 6.45) is 7.05. The Bertz CT molecular complexity index is 1330. The molecule has 0 amide bonds. The fraction of sp³-hybridized carbons (Fsp3) is 0.391. The van der Waals surface area contributed by atoms with Crippen molar-refractivity contribution in [3.63, 3.8) is 0 Å². The van der Waals surface area contributed by atoms with Gasteiger partial charge in [0.1, 0.15) is 16.3 Å². The number of phenols is 1. The van der Waals surface area contributed by atoms with Gasteiger partial charge in [0.25, 0.3) is 10.9 Å². The molecule has 0 bridgehead atoms. The predicted molar refractivity (Wildman–Crippen MR) is 125 cm³/mol. The Morgan fingerprint density at radius 1 is 1.12 bits per heavy atom. The van der Waals surface area contributed by atoms with E-state index in [1.165, 1.54) is 37.9 Å². The molecule has 0 heterocycles. The first-order valence-electron chi connectivity index (χ1n) is 10.4. The molecule has 2 aromatic rings. The Labute approximate surface area is 187 Å². The van der Waals surface area contributed by atoms with Crippen LogP contribution in [-0.4, -0.2) is 38.0 Å². The lowest BCUT2D eigenvalue weighted by molar-refractivity contribution is 0.290. The predicted octanol–water partition coefficient (Wildman–Crippen LogP) is 2.84. The molecule has 2 aliphatic carbocycles. The smallest absolute Gasteiger partial charge is 0.253 e. The molecule has 0 radical (unpaired) electrons. The molecule has 9 heteroatoms. The number of rotatable bonds is 6. The summed E-state index contributed by atoms with van der Waals surface area (Å²) >= 11 is 0. The summed E-state index contributed by atoms with van der Waals surface area (Å²) in [5.74, 6) is -0.512. The van der Waals surface area contributed by atoms with E-state index in [1.54, 1.807) is 0 Å². The number of nitrogens with zero attached hydrogens (tertiary/aromatic N) is 1. The summed E-state index contributed by atoms with van der Waals surface area (Å²) in [5.41, 5.74) is 1.24. The minimum absolute atomic E-state index is 0.0233. The normalized spacial score (nSPS) is 20.1. The van der Waals surface area contributed by atoms with Crippen molar-refractivity contribution in [3.05, 3.63) is 61.9 Å². The van der Waals surface area contributed by atoms with Gasteiger partial charge in [0.15, 0.2) is 5.75 Å².